The molecule has 2 aliphatic rings. The lowest BCUT2D eigenvalue weighted by molar-refractivity contribution is -0.123. The highest BCUT2D eigenvalue weighted by molar-refractivity contribution is 6.23. The average Bonchev–Trinajstić information content (AvgIpc) is 2.49. The summed E-state index contributed by atoms with van der Waals surface area (Å²) in [5.41, 5.74) is 1.26. The molecule has 1 aliphatic heterocycles. The fourth-order valence-electron chi connectivity index (χ4n) is 2.63. The van der Waals surface area contributed by atoms with Crippen LogP contribution in [0.3, 0.4) is 0 Å². The second kappa shape index (κ2) is 5.52. The van der Waals surface area contributed by atoms with E-state index in [1.807, 2.05) is 19.1 Å². The van der Waals surface area contributed by atoms with E-state index in [0.717, 1.165) is 5.56 Å². The summed E-state index contributed by atoms with van der Waals surface area (Å²) in [7, 11) is 0. The van der Waals surface area contributed by atoms with E-state index in [2.05, 4.69) is 10.6 Å². The van der Waals surface area contributed by atoms with E-state index < -0.39 is 17.7 Å². The maximum absolute atomic E-state index is 12.4. The maximum atomic E-state index is 12.4. The van der Waals surface area contributed by atoms with E-state index in [4.69, 9.17) is 0 Å². The molecule has 0 saturated carbocycles. The monoisotopic (exact) mass is 296 g/mol. The summed E-state index contributed by atoms with van der Waals surface area (Å²) in [5, 5.41) is 15.7. The largest absolute Gasteiger partial charge is 0.511 e. The Labute approximate surface area is 128 Å². The third kappa shape index (κ3) is 2.41. The molecule has 2 atom stereocenters. The van der Waals surface area contributed by atoms with Crippen molar-refractivity contribution < 1.29 is 14.7 Å². The lowest BCUT2D eigenvalue weighted by Gasteiger charge is -2.30. The number of anilines is 1. The van der Waals surface area contributed by atoms with Crippen molar-refractivity contribution in [3.05, 3.63) is 65.5 Å². The molecule has 0 fully saturated rings. The highest BCUT2D eigenvalue weighted by atomic mass is 16.3. The molecule has 3 rings (SSSR count). The quantitative estimate of drug-likeness (QED) is 0.730. The van der Waals surface area contributed by atoms with E-state index in [1.165, 1.54) is 0 Å². The number of allylic oxidation sites excluding steroid dienone is 2. The first-order valence-corrected chi connectivity index (χ1v) is 7.04. The fraction of sp³-hybridized carbons (Fsp3) is 0.176. The van der Waals surface area contributed by atoms with Gasteiger partial charge in [-0.3, -0.25) is 9.59 Å². The Morgan fingerprint density at radius 1 is 1.23 bits per heavy atom. The standard InChI is InChI=1S/C17H16N2O3/c1-10-6-2-4-8-12(10)18-16(21)14-15(20)11-7-3-5-9-13(11)19-17(14)22/h2-9,11,13,20H,1H3,(H,18,21)(H,19,22). The molecule has 1 aromatic rings. The van der Waals surface area contributed by atoms with Crippen LogP contribution in [0.1, 0.15) is 5.56 Å². The molecule has 5 heteroatoms. The van der Waals surface area contributed by atoms with Gasteiger partial charge < -0.3 is 15.7 Å². The number of carbonyl (C=O) groups excluding carboxylic acids is 2. The Morgan fingerprint density at radius 3 is 2.73 bits per heavy atom. The van der Waals surface area contributed by atoms with Gasteiger partial charge >= 0.3 is 0 Å². The summed E-state index contributed by atoms with van der Waals surface area (Å²) in [5.74, 6) is -1.77. The van der Waals surface area contributed by atoms with Gasteiger partial charge in [0, 0.05) is 5.69 Å². The first-order valence-electron chi connectivity index (χ1n) is 7.04. The van der Waals surface area contributed by atoms with Crippen LogP contribution >= 0.6 is 0 Å². The van der Waals surface area contributed by atoms with Crippen LogP contribution in [0.5, 0.6) is 0 Å². The number of rotatable bonds is 2. The van der Waals surface area contributed by atoms with E-state index in [-0.39, 0.29) is 17.4 Å². The van der Waals surface area contributed by atoms with Crippen molar-refractivity contribution in [1.82, 2.24) is 5.32 Å². The van der Waals surface area contributed by atoms with Crippen molar-refractivity contribution in [1.29, 1.82) is 0 Å². The van der Waals surface area contributed by atoms with E-state index in [0.29, 0.717) is 5.69 Å². The third-order valence-corrected chi connectivity index (χ3v) is 3.85. The van der Waals surface area contributed by atoms with Gasteiger partial charge in [-0.2, -0.15) is 0 Å². The Morgan fingerprint density at radius 2 is 1.95 bits per heavy atom. The smallest absolute Gasteiger partial charge is 0.264 e. The molecule has 22 heavy (non-hydrogen) atoms. The highest BCUT2D eigenvalue weighted by Crippen LogP contribution is 2.27. The van der Waals surface area contributed by atoms with Crippen molar-refractivity contribution in [3.8, 4) is 0 Å². The molecule has 0 radical (unpaired) electrons. The van der Waals surface area contributed by atoms with E-state index in [1.54, 1.807) is 36.4 Å². The third-order valence-electron chi connectivity index (χ3n) is 3.85. The molecule has 3 N–H and O–H groups in total. The van der Waals surface area contributed by atoms with Crippen LogP contribution in [0, 0.1) is 12.8 Å². The molecule has 1 heterocycles. The molecule has 5 nitrogen and oxygen atoms in total. The van der Waals surface area contributed by atoms with Gasteiger partial charge in [-0.25, -0.2) is 0 Å². The van der Waals surface area contributed by atoms with Gasteiger partial charge in [0.1, 0.15) is 11.3 Å². The number of benzene rings is 1. The molecule has 112 valence electrons. The normalized spacial score (nSPS) is 23.0. The van der Waals surface area contributed by atoms with Gasteiger partial charge in [0.2, 0.25) is 0 Å². The number of aliphatic hydroxyl groups is 1. The van der Waals surface area contributed by atoms with E-state index in [9.17, 15) is 14.7 Å². The second-order valence-corrected chi connectivity index (χ2v) is 5.32. The number of aliphatic hydroxyl groups excluding tert-OH is 1. The Balaban J connectivity index is 1.91. The molecule has 2 unspecified atom stereocenters. The fourth-order valence-corrected chi connectivity index (χ4v) is 2.63. The van der Waals surface area contributed by atoms with Crippen LogP contribution in [0.15, 0.2) is 59.9 Å². The van der Waals surface area contributed by atoms with Gasteiger partial charge in [-0.05, 0) is 18.6 Å². The Hall–Kier alpha value is -2.82. The van der Waals surface area contributed by atoms with Crippen molar-refractivity contribution in [2.45, 2.75) is 13.0 Å². The van der Waals surface area contributed by atoms with Gasteiger partial charge in [-0.15, -0.1) is 0 Å². The highest BCUT2D eigenvalue weighted by Gasteiger charge is 2.37. The summed E-state index contributed by atoms with van der Waals surface area (Å²) >= 11 is 0. The first-order chi connectivity index (χ1) is 10.6. The predicted molar refractivity (Wildman–Crippen MR) is 83.2 cm³/mol. The second-order valence-electron chi connectivity index (χ2n) is 5.32. The predicted octanol–water partition coefficient (Wildman–Crippen LogP) is 1.99. The van der Waals surface area contributed by atoms with Crippen molar-refractivity contribution in [2.24, 2.45) is 5.92 Å². The molecule has 1 aromatic carbocycles. The van der Waals surface area contributed by atoms with Crippen LogP contribution in [0.2, 0.25) is 0 Å². The van der Waals surface area contributed by atoms with E-state index >= 15 is 0 Å². The maximum Gasteiger partial charge on any atom is 0.264 e. The van der Waals surface area contributed by atoms with Crippen LogP contribution in [0.4, 0.5) is 5.69 Å². The zero-order valence-electron chi connectivity index (χ0n) is 12.0. The molecule has 2 amide bonds. The molecular formula is C17H16N2O3. The summed E-state index contributed by atoms with van der Waals surface area (Å²) in [4.78, 5) is 24.5. The van der Waals surface area contributed by atoms with Gasteiger partial charge in [-0.1, -0.05) is 42.5 Å². The van der Waals surface area contributed by atoms with Crippen LogP contribution in [0.25, 0.3) is 0 Å². The lowest BCUT2D eigenvalue weighted by Crippen LogP contribution is -2.47. The molecule has 0 saturated heterocycles. The molecule has 0 aromatic heterocycles. The SMILES string of the molecule is Cc1ccccc1NC(=O)C1=C(O)C2C=CC=CC2NC1=O. The number of para-hydroxylation sites is 1. The number of nitrogens with one attached hydrogen (secondary N) is 2. The topological polar surface area (TPSA) is 78.4 Å². The number of aryl methyl sites for hydroxylation is 1. The van der Waals surface area contributed by atoms with Crippen LogP contribution < -0.4 is 10.6 Å². The van der Waals surface area contributed by atoms with Gasteiger partial charge in [0.25, 0.3) is 11.8 Å². The summed E-state index contributed by atoms with van der Waals surface area (Å²) in [6.45, 7) is 1.86. The molecular weight excluding hydrogens is 280 g/mol. The molecule has 1 aliphatic carbocycles. The average molecular weight is 296 g/mol. The van der Waals surface area contributed by atoms with Crippen LogP contribution in [-0.4, -0.2) is 23.0 Å². The minimum absolute atomic E-state index is 0.194. The zero-order chi connectivity index (χ0) is 15.7. The van der Waals surface area contributed by atoms with Crippen LogP contribution in [-0.2, 0) is 9.59 Å². The number of hydrogen-bond donors (Lipinski definition) is 3. The minimum Gasteiger partial charge on any atom is -0.511 e. The summed E-state index contributed by atoms with van der Waals surface area (Å²) < 4.78 is 0. The lowest BCUT2D eigenvalue weighted by atomic mass is 9.87. The Bertz CT molecular complexity index is 731. The number of hydrogen-bond acceptors (Lipinski definition) is 3. The summed E-state index contributed by atoms with van der Waals surface area (Å²) in [6, 6.07) is 6.95. The first kappa shape index (κ1) is 14.1. The van der Waals surface area contributed by atoms with Crippen molar-refractivity contribution >= 4 is 17.5 Å². The number of carbonyl (C=O) groups is 2. The zero-order valence-corrected chi connectivity index (χ0v) is 12.0. The molecule has 0 spiro atoms. The molecule has 0 bridgehead atoms. The number of amides is 2. The number of fused-ring (bicyclic) bond motifs is 1. The van der Waals surface area contributed by atoms with Crippen molar-refractivity contribution in [3.63, 3.8) is 0 Å². The van der Waals surface area contributed by atoms with Gasteiger partial charge in [0.05, 0.1) is 12.0 Å². The summed E-state index contributed by atoms with van der Waals surface area (Å²) in [6.07, 6.45) is 7.13. The minimum atomic E-state index is -0.606. The van der Waals surface area contributed by atoms with Crippen molar-refractivity contribution in [2.75, 3.05) is 5.32 Å². The van der Waals surface area contributed by atoms with Gasteiger partial charge in [0.15, 0.2) is 0 Å². The Kier molecular flexibility index (Phi) is 3.55.